The van der Waals surface area contributed by atoms with E-state index in [0.717, 1.165) is 41.1 Å². The summed E-state index contributed by atoms with van der Waals surface area (Å²) < 4.78 is -0.607. The van der Waals surface area contributed by atoms with Crippen LogP contribution >= 0.6 is 11.8 Å². The van der Waals surface area contributed by atoms with Crippen molar-refractivity contribution < 1.29 is 9.90 Å². The van der Waals surface area contributed by atoms with Crippen LogP contribution in [0.1, 0.15) is 32.6 Å². The van der Waals surface area contributed by atoms with Crippen molar-refractivity contribution >= 4 is 29.9 Å². The molecule has 1 N–H and O–H groups in total. The molecule has 1 saturated carbocycles. The number of aliphatic carboxylic acids is 1. The molecule has 100 valence electrons. The normalized spacial score (nSPS) is 23.5. The minimum Gasteiger partial charge on any atom is -0.480 e. The first kappa shape index (κ1) is 12.7. The second-order valence-electron chi connectivity index (χ2n) is 5.45. The van der Waals surface area contributed by atoms with Gasteiger partial charge in [0.15, 0.2) is 0 Å². The molecule has 0 spiro atoms. The lowest BCUT2D eigenvalue weighted by Gasteiger charge is -2.37. The number of fused-ring (bicyclic) bond motifs is 1. The predicted molar refractivity (Wildman–Crippen MR) is 76.3 cm³/mol. The van der Waals surface area contributed by atoms with Gasteiger partial charge < -0.3 is 5.11 Å². The quantitative estimate of drug-likeness (QED) is 0.913. The van der Waals surface area contributed by atoms with E-state index >= 15 is 0 Å². The van der Waals surface area contributed by atoms with Gasteiger partial charge in [-0.15, -0.1) is 11.8 Å². The average molecular weight is 275 g/mol. The molecule has 0 aliphatic heterocycles. The van der Waals surface area contributed by atoms with Crippen LogP contribution in [-0.4, -0.2) is 20.8 Å². The van der Waals surface area contributed by atoms with Gasteiger partial charge in [-0.25, -0.2) is 0 Å². The van der Waals surface area contributed by atoms with E-state index in [4.69, 9.17) is 0 Å². The summed E-state index contributed by atoms with van der Waals surface area (Å²) in [6, 6.07) is 1.95. The zero-order valence-electron chi connectivity index (χ0n) is 10.9. The Morgan fingerprint density at radius 1 is 1.53 bits per heavy atom. The number of hydrogen-bond donors (Lipinski definition) is 1. The lowest BCUT2D eigenvalue weighted by Crippen LogP contribution is -2.43. The number of thioether (sulfide) groups is 1. The van der Waals surface area contributed by atoms with Crippen molar-refractivity contribution in [2.75, 3.05) is 0 Å². The molecule has 1 heterocycles. The second kappa shape index (κ2) is 4.67. The van der Waals surface area contributed by atoms with Crippen LogP contribution in [0.3, 0.4) is 0 Å². The smallest absolute Gasteiger partial charge is 0.320 e. The van der Waals surface area contributed by atoms with Crippen LogP contribution in [0.25, 0.3) is 12.2 Å². The molecular formula is C15H17NO2S. The van der Waals surface area contributed by atoms with Gasteiger partial charge in [-0.3, -0.25) is 9.78 Å². The van der Waals surface area contributed by atoms with Gasteiger partial charge in [-0.05, 0) is 37.7 Å². The largest absolute Gasteiger partial charge is 0.480 e. The van der Waals surface area contributed by atoms with Gasteiger partial charge in [0.25, 0.3) is 0 Å². The number of pyridine rings is 1. The Morgan fingerprint density at radius 2 is 2.32 bits per heavy atom. The van der Waals surface area contributed by atoms with Crippen molar-refractivity contribution in [2.24, 2.45) is 5.92 Å². The summed E-state index contributed by atoms with van der Waals surface area (Å²) in [4.78, 5) is 16.9. The Bertz CT molecular complexity index is 634. The molecular weight excluding hydrogens is 258 g/mol. The number of carbonyl (C=O) groups is 1. The summed E-state index contributed by atoms with van der Waals surface area (Å²) in [5, 5.41) is 11.6. The van der Waals surface area contributed by atoms with Gasteiger partial charge in [-0.2, -0.15) is 0 Å². The fraction of sp³-hybridized carbons (Fsp3) is 0.467. The highest BCUT2D eigenvalue weighted by Gasteiger charge is 2.45. The van der Waals surface area contributed by atoms with Crippen molar-refractivity contribution in [3.05, 3.63) is 22.8 Å². The van der Waals surface area contributed by atoms with Gasteiger partial charge in [0.2, 0.25) is 0 Å². The van der Waals surface area contributed by atoms with E-state index < -0.39 is 10.7 Å². The number of hydrogen-bond acceptors (Lipinski definition) is 3. The van der Waals surface area contributed by atoms with Gasteiger partial charge >= 0.3 is 5.97 Å². The van der Waals surface area contributed by atoms with Gasteiger partial charge in [0.05, 0.1) is 5.35 Å². The average Bonchev–Trinajstić information content (AvgIpc) is 2.33. The third-order valence-corrected chi connectivity index (χ3v) is 5.52. The maximum absolute atomic E-state index is 11.5. The van der Waals surface area contributed by atoms with Crippen molar-refractivity contribution in [3.8, 4) is 0 Å². The monoisotopic (exact) mass is 275 g/mol. The molecule has 0 radical (unpaired) electrons. The van der Waals surface area contributed by atoms with Crippen molar-refractivity contribution in [1.29, 1.82) is 0 Å². The van der Waals surface area contributed by atoms with Crippen LogP contribution in [0, 0.1) is 5.92 Å². The highest BCUT2D eigenvalue weighted by Crippen LogP contribution is 2.46. The molecule has 1 aromatic heterocycles. The van der Waals surface area contributed by atoms with E-state index in [2.05, 4.69) is 24.1 Å². The summed E-state index contributed by atoms with van der Waals surface area (Å²) in [6.45, 7) is 2.18. The summed E-state index contributed by atoms with van der Waals surface area (Å²) in [5.74, 6) is -0.180. The molecule has 2 aliphatic rings. The van der Waals surface area contributed by atoms with Crippen LogP contribution in [0.2, 0.25) is 0 Å². The maximum atomic E-state index is 11.5. The molecule has 2 aliphatic carbocycles. The second-order valence-corrected chi connectivity index (χ2v) is 6.87. The lowest BCUT2D eigenvalue weighted by molar-refractivity contribution is -0.142. The van der Waals surface area contributed by atoms with Crippen LogP contribution < -0.4 is 10.6 Å². The van der Waals surface area contributed by atoms with E-state index in [1.165, 1.54) is 11.8 Å². The summed E-state index contributed by atoms with van der Waals surface area (Å²) in [6.07, 6.45) is 9.72. The molecule has 1 atom stereocenters. The minimum atomic E-state index is -0.679. The van der Waals surface area contributed by atoms with Gasteiger partial charge in [0, 0.05) is 16.3 Å². The molecule has 3 nitrogen and oxygen atoms in total. The Hall–Kier alpha value is -1.29. The maximum Gasteiger partial charge on any atom is 0.320 e. The van der Waals surface area contributed by atoms with E-state index in [1.807, 2.05) is 6.07 Å². The van der Waals surface area contributed by atoms with E-state index in [-0.39, 0.29) is 0 Å². The highest BCUT2D eigenvalue weighted by molar-refractivity contribution is 8.01. The van der Waals surface area contributed by atoms with E-state index in [0.29, 0.717) is 5.92 Å². The molecule has 1 fully saturated rings. The third-order valence-electron chi connectivity index (χ3n) is 3.97. The molecule has 1 aromatic rings. The topological polar surface area (TPSA) is 50.2 Å². The Kier molecular flexibility index (Phi) is 3.13. The SMILES string of the molecule is CC1C=c2c(SC3(C(=O)O)CCC3)ccnc2=CC1. The van der Waals surface area contributed by atoms with Crippen molar-refractivity contribution in [2.45, 2.75) is 42.2 Å². The molecule has 4 heteroatoms. The molecule has 0 bridgehead atoms. The lowest BCUT2D eigenvalue weighted by atomic mass is 9.84. The van der Waals surface area contributed by atoms with Crippen molar-refractivity contribution in [1.82, 2.24) is 4.98 Å². The number of carboxylic acids is 1. The summed E-state index contributed by atoms with van der Waals surface area (Å²) >= 11 is 1.51. The zero-order chi connectivity index (χ0) is 13.5. The standard InChI is InChI=1S/C15H17NO2S/c1-10-3-4-12-11(9-10)13(5-8-16-12)19-15(14(17)18)6-2-7-15/h4-5,8-10H,2-3,6-7H2,1H3,(H,17,18). The first-order chi connectivity index (χ1) is 9.11. The molecule has 1 unspecified atom stereocenters. The minimum absolute atomic E-state index is 0.498. The molecule has 0 saturated heterocycles. The Labute approximate surface area is 116 Å². The Morgan fingerprint density at radius 3 is 2.95 bits per heavy atom. The number of carboxylic acid groups (broad SMARTS) is 1. The fourth-order valence-electron chi connectivity index (χ4n) is 2.61. The molecule has 3 rings (SSSR count). The third kappa shape index (κ3) is 2.18. The van der Waals surface area contributed by atoms with Gasteiger partial charge in [-0.1, -0.05) is 19.1 Å². The van der Waals surface area contributed by atoms with Gasteiger partial charge in [0.1, 0.15) is 4.75 Å². The number of rotatable bonds is 3. The number of nitrogens with zero attached hydrogens (tertiary/aromatic N) is 1. The highest BCUT2D eigenvalue weighted by atomic mass is 32.2. The van der Waals surface area contributed by atoms with Crippen molar-refractivity contribution in [3.63, 3.8) is 0 Å². The number of aromatic nitrogens is 1. The van der Waals surface area contributed by atoms with E-state index in [1.54, 1.807) is 6.20 Å². The zero-order valence-corrected chi connectivity index (χ0v) is 11.7. The summed E-state index contributed by atoms with van der Waals surface area (Å²) in [7, 11) is 0. The van der Waals surface area contributed by atoms with Crippen LogP contribution in [0.5, 0.6) is 0 Å². The van der Waals surface area contributed by atoms with Crippen LogP contribution in [0.4, 0.5) is 0 Å². The molecule has 0 aromatic carbocycles. The first-order valence-corrected chi connectivity index (χ1v) is 7.52. The Balaban J connectivity index is 2.04. The van der Waals surface area contributed by atoms with Crippen LogP contribution in [0.15, 0.2) is 17.2 Å². The first-order valence-electron chi connectivity index (χ1n) is 6.70. The molecule has 0 amide bonds. The molecule has 19 heavy (non-hydrogen) atoms. The fourth-order valence-corrected chi connectivity index (χ4v) is 4.02. The predicted octanol–water partition coefficient (Wildman–Crippen LogP) is 1.78. The van der Waals surface area contributed by atoms with Crippen LogP contribution in [-0.2, 0) is 4.79 Å². The summed E-state index contributed by atoms with van der Waals surface area (Å²) in [5.41, 5.74) is 0. The van der Waals surface area contributed by atoms with E-state index in [9.17, 15) is 9.90 Å².